The molecule has 0 spiro atoms. The molecule has 1 aromatic heterocycles. The Labute approximate surface area is 82.4 Å². The first-order chi connectivity index (χ1) is 6.78. The summed E-state index contributed by atoms with van der Waals surface area (Å²) in [5, 5.41) is 0. The van der Waals surface area contributed by atoms with Crippen LogP contribution < -0.4 is 5.73 Å². The van der Waals surface area contributed by atoms with E-state index in [0.717, 1.165) is 17.7 Å². The first-order valence-corrected chi connectivity index (χ1v) is 4.74. The molecule has 14 heavy (non-hydrogen) atoms. The molecular weight excluding hydrogens is 174 g/mol. The monoisotopic (exact) mass is 185 g/mol. The van der Waals surface area contributed by atoms with Crippen LogP contribution in [-0.2, 0) is 0 Å². The normalized spacial score (nSPS) is 33.5. The Morgan fingerprint density at radius 3 is 3.07 bits per heavy atom. The van der Waals surface area contributed by atoms with Crippen molar-refractivity contribution in [3.8, 4) is 0 Å². The zero-order chi connectivity index (χ0) is 9.60. The first-order valence-electron chi connectivity index (χ1n) is 4.74. The summed E-state index contributed by atoms with van der Waals surface area (Å²) in [5.74, 6) is 0. The fraction of sp³-hybridized carbons (Fsp3) is 0.273. The number of fused-ring (bicyclic) bond motifs is 1. The Kier molecular flexibility index (Phi) is 1.42. The Bertz CT molecular complexity index is 421. The lowest BCUT2D eigenvalue weighted by Crippen LogP contribution is -2.26. The van der Waals surface area contributed by atoms with Crippen molar-refractivity contribution in [3.63, 3.8) is 0 Å². The third-order valence-electron chi connectivity index (χ3n) is 2.79. The summed E-state index contributed by atoms with van der Waals surface area (Å²) in [7, 11) is 0. The van der Waals surface area contributed by atoms with Gasteiger partial charge < -0.3 is 5.73 Å². The van der Waals surface area contributed by atoms with Crippen molar-refractivity contribution in [2.24, 2.45) is 10.7 Å². The summed E-state index contributed by atoms with van der Waals surface area (Å²) < 4.78 is 0. The highest BCUT2D eigenvalue weighted by atomic mass is 15.0. The average Bonchev–Trinajstić information content (AvgIpc) is 2.90. The van der Waals surface area contributed by atoms with Crippen molar-refractivity contribution in [2.45, 2.75) is 18.0 Å². The second-order valence-electron chi connectivity index (χ2n) is 3.93. The maximum atomic E-state index is 6.06. The number of allylic oxidation sites excluding steroid dienone is 1. The van der Waals surface area contributed by atoms with Crippen LogP contribution in [0.5, 0.6) is 0 Å². The van der Waals surface area contributed by atoms with Crippen LogP contribution >= 0.6 is 0 Å². The maximum absolute atomic E-state index is 6.06. The van der Waals surface area contributed by atoms with Crippen LogP contribution in [0.15, 0.2) is 35.5 Å². The Morgan fingerprint density at radius 1 is 1.43 bits per heavy atom. The molecular formula is C11H11N3. The van der Waals surface area contributed by atoms with Gasteiger partial charge in [0.05, 0.1) is 17.3 Å². The number of aromatic nitrogens is 1. The number of aliphatic imine (C=N–C) groups is 1. The van der Waals surface area contributed by atoms with Crippen molar-refractivity contribution in [2.75, 3.05) is 0 Å². The maximum Gasteiger partial charge on any atom is 0.0737 e. The van der Waals surface area contributed by atoms with Gasteiger partial charge in [0.2, 0.25) is 0 Å². The highest BCUT2D eigenvalue weighted by Gasteiger charge is 2.51. The van der Waals surface area contributed by atoms with Crippen molar-refractivity contribution in [1.82, 2.24) is 4.98 Å². The molecule has 2 atom stereocenters. The molecule has 3 heteroatoms. The number of pyridine rings is 1. The lowest BCUT2D eigenvalue weighted by Gasteiger charge is -2.10. The molecule has 2 N–H and O–H groups in total. The van der Waals surface area contributed by atoms with Crippen molar-refractivity contribution in [3.05, 3.63) is 36.2 Å². The van der Waals surface area contributed by atoms with Gasteiger partial charge in [0.25, 0.3) is 0 Å². The van der Waals surface area contributed by atoms with Crippen molar-refractivity contribution < 1.29 is 0 Å². The molecule has 0 saturated heterocycles. The Hall–Kier alpha value is -1.48. The van der Waals surface area contributed by atoms with E-state index in [1.54, 1.807) is 6.20 Å². The predicted molar refractivity (Wildman–Crippen MR) is 56.0 cm³/mol. The van der Waals surface area contributed by atoms with Gasteiger partial charge in [-0.05, 0) is 18.6 Å². The van der Waals surface area contributed by atoms with E-state index in [9.17, 15) is 0 Å². The number of dihydropyridines is 1. The summed E-state index contributed by atoms with van der Waals surface area (Å²) in [5.41, 5.74) is 7.88. The number of nitrogens with two attached hydrogens (primary N) is 1. The van der Waals surface area contributed by atoms with Gasteiger partial charge >= 0.3 is 0 Å². The van der Waals surface area contributed by atoms with Gasteiger partial charge in [-0.15, -0.1) is 0 Å². The van der Waals surface area contributed by atoms with E-state index in [1.165, 1.54) is 0 Å². The highest BCUT2D eigenvalue weighted by Crippen LogP contribution is 2.41. The molecule has 70 valence electrons. The third-order valence-corrected chi connectivity index (χ3v) is 2.79. The lowest BCUT2D eigenvalue weighted by molar-refractivity contribution is 0.800. The van der Waals surface area contributed by atoms with E-state index in [0.29, 0.717) is 6.04 Å². The minimum Gasteiger partial charge on any atom is -0.320 e. The number of nitrogens with zero attached hydrogens (tertiary/aromatic N) is 2. The number of hydrogen-bond acceptors (Lipinski definition) is 3. The van der Waals surface area contributed by atoms with E-state index in [-0.39, 0.29) is 5.54 Å². The van der Waals surface area contributed by atoms with Crippen LogP contribution in [-0.4, -0.2) is 22.8 Å². The molecule has 3 rings (SSSR count). The van der Waals surface area contributed by atoms with Crippen LogP contribution in [0, 0.1) is 0 Å². The fourth-order valence-electron chi connectivity index (χ4n) is 1.79. The molecule has 2 aliphatic rings. The van der Waals surface area contributed by atoms with Gasteiger partial charge in [0.15, 0.2) is 0 Å². The van der Waals surface area contributed by atoms with Crippen molar-refractivity contribution in [1.29, 1.82) is 0 Å². The molecule has 0 radical (unpaired) electrons. The zero-order valence-corrected chi connectivity index (χ0v) is 7.72. The predicted octanol–water partition coefficient (Wildman–Crippen LogP) is 1.02. The molecule has 1 aliphatic heterocycles. The van der Waals surface area contributed by atoms with E-state index >= 15 is 0 Å². The molecule has 2 heterocycles. The molecule has 1 aliphatic carbocycles. The Morgan fingerprint density at radius 2 is 2.36 bits per heavy atom. The van der Waals surface area contributed by atoms with Crippen LogP contribution in [0.3, 0.4) is 0 Å². The van der Waals surface area contributed by atoms with Crippen LogP contribution in [0.2, 0.25) is 0 Å². The smallest absolute Gasteiger partial charge is 0.0737 e. The summed E-state index contributed by atoms with van der Waals surface area (Å²) in [6, 6.07) is 6.17. The number of rotatable bonds is 1. The van der Waals surface area contributed by atoms with Gasteiger partial charge in [-0.1, -0.05) is 12.1 Å². The van der Waals surface area contributed by atoms with Crippen molar-refractivity contribution >= 4 is 11.8 Å². The summed E-state index contributed by atoms with van der Waals surface area (Å²) in [4.78, 5) is 8.65. The van der Waals surface area contributed by atoms with Gasteiger partial charge in [-0.3, -0.25) is 9.98 Å². The van der Waals surface area contributed by atoms with Gasteiger partial charge in [0.1, 0.15) is 0 Å². The summed E-state index contributed by atoms with van der Waals surface area (Å²) in [6.45, 7) is 0. The SMILES string of the molecule is NC12C=C(c3ccccn3)C=NC1C2. The molecule has 2 unspecified atom stereocenters. The average molecular weight is 185 g/mol. The van der Waals surface area contributed by atoms with Gasteiger partial charge in [0, 0.05) is 18.0 Å². The van der Waals surface area contributed by atoms with E-state index in [1.807, 2.05) is 24.4 Å². The second kappa shape index (κ2) is 2.51. The minimum atomic E-state index is -0.179. The van der Waals surface area contributed by atoms with Crippen LogP contribution in [0.25, 0.3) is 5.57 Å². The third kappa shape index (κ3) is 1.09. The van der Waals surface area contributed by atoms with Gasteiger partial charge in [-0.2, -0.15) is 0 Å². The zero-order valence-electron chi connectivity index (χ0n) is 7.72. The summed E-state index contributed by atoms with van der Waals surface area (Å²) >= 11 is 0. The largest absolute Gasteiger partial charge is 0.320 e. The van der Waals surface area contributed by atoms with Crippen LogP contribution in [0.1, 0.15) is 12.1 Å². The first kappa shape index (κ1) is 7.88. The van der Waals surface area contributed by atoms with Gasteiger partial charge in [-0.25, -0.2) is 0 Å². The Balaban J connectivity index is 2.01. The quantitative estimate of drug-likeness (QED) is 0.710. The minimum absolute atomic E-state index is 0.179. The van der Waals surface area contributed by atoms with E-state index in [2.05, 4.69) is 16.1 Å². The molecule has 1 saturated carbocycles. The molecule has 1 fully saturated rings. The molecule has 0 bridgehead atoms. The molecule has 0 amide bonds. The second-order valence-corrected chi connectivity index (χ2v) is 3.93. The van der Waals surface area contributed by atoms with E-state index in [4.69, 9.17) is 5.73 Å². The topological polar surface area (TPSA) is 51.3 Å². The standard InChI is InChI=1S/C11H11N3/c12-11-5-8(7-14-10(11)6-11)9-3-1-2-4-13-9/h1-5,7,10H,6,12H2. The highest BCUT2D eigenvalue weighted by molar-refractivity contribution is 6.10. The molecule has 1 aromatic rings. The van der Waals surface area contributed by atoms with Crippen LogP contribution in [0.4, 0.5) is 0 Å². The lowest BCUT2D eigenvalue weighted by atomic mass is 10.1. The molecule has 0 aromatic carbocycles. The molecule has 3 nitrogen and oxygen atoms in total. The number of hydrogen-bond donors (Lipinski definition) is 1. The summed E-state index contributed by atoms with van der Waals surface area (Å²) in [6.07, 6.45) is 6.73. The van der Waals surface area contributed by atoms with E-state index < -0.39 is 0 Å². The fourth-order valence-corrected chi connectivity index (χ4v) is 1.79.